The molecule has 0 spiro atoms. The first-order valence-electron chi connectivity index (χ1n) is 11.1. The average Bonchev–Trinajstić information content (AvgIpc) is 3.45. The van der Waals surface area contributed by atoms with Gasteiger partial charge in [0.1, 0.15) is 6.61 Å². The number of allylic oxidation sites excluding steroid dienone is 2. The molecular weight excluding hydrogens is 398 g/mol. The molecule has 0 bridgehead atoms. The molecule has 0 fully saturated rings. The number of fused-ring (bicyclic) bond motifs is 3. The SMILES string of the molecule is O=C(NC(c1ccccc1)C1(CO)CC=CC1)OCC1c2ccccc2-c2ccccc21. The fourth-order valence-electron chi connectivity index (χ4n) is 5.17. The Balaban J connectivity index is 1.35. The molecule has 32 heavy (non-hydrogen) atoms. The van der Waals surface area contributed by atoms with E-state index in [-0.39, 0.29) is 25.2 Å². The number of alkyl carbamates (subject to hydrolysis) is 1. The van der Waals surface area contributed by atoms with Crippen molar-refractivity contribution in [3.05, 3.63) is 108 Å². The van der Waals surface area contributed by atoms with E-state index in [4.69, 9.17) is 4.74 Å². The molecule has 3 aromatic rings. The summed E-state index contributed by atoms with van der Waals surface area (Å²) in [5.74, 6) is 0.0169. The van der Waals surface area contributed by atoms with Gasteiger partial charge >= 0.3 is 6.09 Å². The molecule has 2 aliphatic carbocycles. The van der Waals surface area contributed by atoms with Gasteiger partial charge < -0.3 is 15.2 Å². The number of hydrogen-bond donors (Lipinski definition) is 2. The third-order valence-electron chi connectivity index (χ3n) is 6.88. The first kappa shape index (κ1) is 20.5. The molecule has 1 atom stereocenters. The molecule has 2 N–H and O–H groups in total. The van der Waals surface area contributed by atoms with Crippen molar-refractivity contribution in [3.8, 4) is 11.1 Å². The highest BCUT2D eigenvalue weighted by Crippen LogP contribution is 2.46. The van der Waals surface area contributed by atoms with Gasteiger partial charge in [-0.1, -0.05) is 91.0 Å². The molecule has 4 nitrogen and oxygen atoms in total. The summed E-state index contributed by atoms with van der Waals surface area (Å²) in [5, 5.41) is 13.3. The van der Waals surface area contributed by atoms with Crippen molar-refractivity contribution in [1.29, 1.82) is 0 Å². The van der Waals surface area contributed by atoms with Gasteiger partial charge in [0.2, 0.25) is 0 Å². The normalized spacial score (nSPS) is 16.9. The molecule has 1 unspecified atom stereocenters. The molecule has 0 saturated carbocycles. The highest BCUT2D eigenvalue weighted by molar-refractivity contribution is 5.79. The second-order valence-corrected chi connectivity index (χ2v) is 8.71. The van der Waals surface area contributed by atoms with Crippen LogP contribution in [0.15, 0.2) is 91.0 Å². The third-order valence-corrected chi connectivity index (χ3v) is 6.88. The monoisotopic (exact) mass is 425 g/mol. The molecule has 162 valence electrons. The van der Waals surface area contributed by atoms with E-state index in [1.54, 1.807) is 0 Å². The molecule has 3 aromatic carbocycles. The largest absolute Gasteiger partial charge is 0.449 e. The van der Waals surface area contributed by atoms with Crippen LogP contribution in [0, 0.1) is 5.41 Å². The lowest BCUT2D eigenvalue weighted by molar-refractivity contribution is 0.0803. The number of benzene rings is 3. The van der Waals surface area contributed by atoms with Gasteiger partial charge in [-0.25, -0.2) is 4.79 Å². The van der Waals surface area contributed by atoms with E-state index >= 15 is 0 Å². The van der Waals surface area contributed by atoms with Crippen LogP contribution in [0.25, 0.3) is 11.1 Å². The third kappa shape index (κ3) is 3.61. The predicted molar refractivity (Wildman–Crippen MR) is 125 cm³/mol. The topological polar surface area (TPSA) is 58.6 Å². The highest BCUT2D eigenvalue weighted by atomic mass is 16.5. The fourth-order valence-corrected chi connectivity index (χ4v) is 5.17. The Bertz CT molecular complexity index is 1080. The van der Waals surface area contributed by atoms with E-state index in [1.807, 2.05) is 54.6 Å². The second kappa shape index (κ2) is 8.64. The van der Waals surface area contributed by atoms with Crippen LogP contribution in [0.4, 0.5) is 4.79 Å². The summed E-state index contributed by atoms with van der Waals surface area (Å²) in [6.45, 7) is 0.259. The molecule has 0 aliphatic heterocycles. The van der Waals surface area contributed by atoms with E-state index in [0.717, 1.165) is 5.56 Å². The van der Waals surface area contributed by atoms with Crippen molar-refractivity contribution in [2.24, 2.45) is 5.41 Å². The number of carbonyl (C=O) groups excluding carboxylic acids is 1. The fraction of sp³-hybridized carbons (Fsp3) is 0.250. The summed E-state index contributed by atoms with van der Waals surface area (Å²) in [6.07, 6.45) is 5.12. The van der Waals surface area contributed by atoms with Gasteiger partial charge in [0, 0.05) is 11.3 Å². The molecule has 4 heteroatoms. The van der Waals surface area contributed by atoms with Gasteiger partial charge in [0.15, 0.2) is 0 Å². The standard InChI is InChI=1S/C28H27NO3/c30-19-28(16-8-9-17-28)26(20-10-2-1-3-11-20)29-27(31)32-18-25-23-14-6-4-12-21(23)22-13-5-7-15-24(22)25/h1-15,25-26,30H,16-19H2,(H,29,31). The quantitative estimate of drug-likeness (QED) is 0.506. The van der Waals surface area contributed by atoms with Gasteiger partial charge in [-0.3, -0.25) is 0 Å². The number of ether oxygens (including phenoxy) is 1. The lowest BCUT2D eigenvalue weighted by atomic mass is 9.75. The van der Waals surface area contributed by atoms with Gasteiger partial charge in [-0.05, 0) is 40.7 Å². The maximum atomic E-state index is 13.0. The van der Waals surface area contributed by atoms with Gasteiger partial charge in [0.25, 0.3) is 0 Å². The van der Waals surface area contributed by atoms with Crippen LogP contribution in [-0.4, -0.2) is 24.4 Å². The van der Waals surface area contributed by atoms with Crippen molar-refractivity contribution in [3.63, 3.8) is 0 Å². The van der Waals surface area contributed by atoms with Crippen LogP contribution in [0.2, 0.25) is 0 Å². The lowest BCUT2D eigenvalue weighted by Gasteiger charge is -2.36. The first-order valence-corrected chi connectivity index (χ1v) is 11.1. The van der Waals surface area contributed by atoms with Gasteiger partial charge in [-0.15, -0.1) is 0 Å². The molecule has 5 rings (SSSR count). The zero-order valence-corrected chi connectivity index (χ0v) is 17.9. The molecule has 0 heterocycles. The van der Waals surface area contributed by atoms with Crippen molar-refractivity contribution in [1.82, 2.24) is 5.32 Å². The number of rotatable bonds is 6. The molecule has 0 aromatic heterocycles. The number of nitrogens with one attached hydrogen (secondary N) is 1. The summed E-state index contributed by atoms with van der Waals surface area (Å²) in [7, 11) is 0. The van der Waals surface area contributed by atoms with Gasteiger partial charge in [0.05, 0.1) is 12.6 Å². The van der Waals surface area contributed by atoms with Crippen LogP contribution in [0.1, 0.15) is 41.5 Å². The van der Waals surface area contributed by atoms with Crippen LogP contribution in [-0.2, 0) is 4.74 Å². The number of carbonyl (C=O) groups is 1. The molecular formula is C28H27NO3. The first-order chi connectivity index (χ1) is 15.7. The van der Waals surface area contributed by atoms with Crippen LogP contribution in [0.5, 0.6) is 0 Å². The molecule has 0 saturated heterocycles. The summed E-state index contributed by atoms with van der Waals surface area (Å²) in [5.41, 5.74) is 5.30. The van der Waals surface area contributed by atoms with Gasteiger partial charge in [-0.2, -0.15) is 0 Å². The van der Waals surface area contributed by atoms with Crippen LogP contribution >= 0.6 is 0 Å². The summed E-state index contributed by atoms with van der Waals surface area (Å²) in [4.78, 5) is 13.0. The minimum absolute atomic E-state index is 0.0107. The summed E-state index contributed by atoms with van der Waals surface area (Å²) < 4.78 is 5.79. The molecule has 1 amide bonds. The van der Waals surface area contributed by atoms with Crippen molar-refractivity contribution < 1.29 is 14.6 Å². The maximum Gasteiger partial charge on any atom is 0.407 e. The highest BCUT2D eigenvalue weighted by Gasteiger charge is 2.41. The zero-order valence-electron chi connectivity index (χ0n) is 17.9. The number of hydrogen-bond acceptors (Lipinski definition) is 3. The van der Waals surface area contributed by atoms with Crippen LogP contribution < -0.4 is 5.32 Å². The summed E-state index contributed by atoms with van der Waals surface area (Å²) in [6, 6.07) is 26.1. The average molecular weight is 426 g/mol. The van der Waals surface area contributed by atoms with Crippen molar-refractivity contribution >= 4 is 6.09 Å². The Morgan fingerprint density at radius 3 is 2.06 bits per heavy atom. The number of aliphatic hydroxyl groups excluding tert-OH is 1. The lowest BCUT2D eigenvalue weighted by Crippen LogP contribution is -2.42. The zero-order chi connectivity index (χ0) is 22.0. The molecule has 0 radical (unpaired) electrons. The Hall–Kier alpha value is -3.37. The van der Waals surface area contributed by atoms with E-state index in [0.29, 0.717) is 12.8 Å². The smallest absolute Gasteiger partial charge is 0.407 e. The van der Waals surface area contributed by atoms with Crippen LogP contribution in [0.3, 0.4) is 0 Å². The molecule has 2 aliphatic rings. The van der Waals surface area contributed by atoms with Crippen molar-refractivity contribution in [2.75, 3.05) is 13.2 Å². The van der Waals surface area contributed by atoms with E-state index in [1.165, 1.54) is 22.3 Å². The predicted octanol–water partition coefficient (Wildman–Crippen LogP) is 5.60. The Morgan fingerprint density at radius 2 is 1.47 bits per heavy atom. The maximum absolute atomic E-state index is 13.0. The van der Waals surface area contributed by atoms with E-state index < -0.39 is 11.5 Å². The number of aliphatic hydroxyl groups is 1. The Kier molecular flexibility index (Phi) is 5.54. The summed E-state index contributed by atoms with van der Waals surface area (Å²) >= 11 is 0. The number of amides is 1. The second-order valence-electron chi connectivity index (χ2n) is 8.71. The van der Waals surface area contributed by atoms with E-state index in [2.05, 4.69) is 41.7 Å². The Morgan fingerprint density at radius 1 is 0.906 bits per heavy atom. The minimum Gasteiger partial charge on any atom is -0.449 e. The minimum atomic E-state index is -0.458. The van der Waals surface area contributed by atoms with Crippen molar-refractivity contribution in [2.45, 2.75) is 24.8 Å². The Labute approximate surface area is 188 Å². The van der Waals surface area contributed by atoms with E-state index in [9.17, 15) is 9.90 Å².